The molecule has 0 radical (unpaired) electrons. The van der Waals surface area contributed by atoms with Crippen molar-refractivity contribution in [2.75, 3.05) is 10.6 Å². The molecule has 2 N–H and O–H groups in total. The zero-order valence-electron chi connectivity index (χ0n) is 13.4. The van der Waals surface area contributed by atoms with Gasteiger partial charge in [0.1, 0.15) is 11.4 Å². The van der Waals surface area contributed by atoms with E-state index in [9.17, 15) is 9.59 Å². The van der Waals surface area contributed by atoms with Gasteiger partial charge in [-0.3, -0.25) is 10.1 Å². The van der Waals surface area contributed by atoms with Crippen LogP contribution in [0.2, 0.25) is 0 Å². The molecule has 1 heterocycles. The van der Waals surface area contributed by atoms with E-state index in [2.05, 4.69) is 15.6 Å². The van der Waals surface area contributed by atoms with E-state index in [1.165, 1.54) is 6.92 Å². The SMILES string of the molecule is CC(=O)Nc1cc(NC(=O)OC(C)(C)C)c(C(C)C)cn1. The van der Waals surface area contributed by atoms with Crippen molar-refractivity contribution >= 4 is 23.5 Å². The number of carbonyl (C=O) groups excluding carboxylic acids is 2. The van der Waals surface area contributed by atoms with Gasteiger partial charge in [-0.15, -0.1) is 0 Å². The molecule has 0 aliphatic carbocycles. The Morgan fingerprint density at radius 1 is 1.24 bits per heavy atom. The predicted octanol–water partition coefficient (Wildman–Crippen LogP) is 3.51. The lowest BCUT2D eigenvalue weighted by Crippen LogP contribution is -2.27. The lowest BCUT2D eigenvalue weighted by molar-refractivity contribution is -0.114. The molecule has 0 aromatic carbocycles. The van der Waals surface area contributed by atoms with Crippen molar-refractivity contribution < 1.29 is 14.3 Å². The third-order valence-corrected chi connectivity index (χ3v) is 2.50. The van der Waals surface area contributed by atoms with Crippen LogP contribution in [0.1, 0.15) is 53.0 Å². The average molecular weight is 293 g/mol. The molecule has 0 atom stereocenters. The molecule has 1 aromatic rings. The fraction of sp³-hybridized carbons (Fsp3) is 0.533. The Balaban J connectivity index is 3.00. The lowest BCUT2D eigenvalue weighted by atomic mass is 10.0. The molecule has 0 saturated heterocycles. The number of ether oxygens (including phenoxy) is 1. The van der Waals surface area contributed by atoms with Crippen LogP contribution in [0.5, 0.6) is 0 Å². The summed E-state index contributed by atoms with van der Waals surface area (Å²) in [5.74, 6) is 0.342. The molecule has 2 amide bonds. The summed E-state index contributed by atoms with van der Waals surface area (Å²) < 4.78 is 5.24. The van der Waals surface area contributed by atoms with Gasteiger partial charge in [-0.1, -0.05) is 13.8 Å². The standard InChI is InChI=1S/C15H23N3O3/c1-9(2)11-8-16-13(17-10(3)19)7-12(11)18-14(20)21-15(4,5)6/h7-9H,1-6H3,(H2,16,17,18,19,20). The van der Waals surface area contributed by atoms with Crippen LogP contribution in [0.15, 0.2) is 12.3 Å². The second kappa shape index (κ2) is 6.56. The number of hydrogen-bond acceptors (Lipinski definition) is 4. The van der Waals surface area contributed by atoms with Crippen LogP contribution < -0.4 is 10.6 Å². The molecule has 0 aliphatic heterocycles. The maximum Gasteiger partial charge on any atom is 0.412 e. The minimum Gasteiger partial charge on any atom is -0.444 e. The summed E-state index contributed by atoms with van der Waals surface area (Å²) in [6.07, 6.45) is 1.10. The monoisotopic (exact) mass is 293 g/mol. The maximum absolute atomic E-state index is 11.9. The average Bonchev–Trinajstić information content (AvgIpc) is 2.24. The molecule has 21 heavy (non-hydrogen) atoms. The van der Waals surface area contributed by atoms with Gasteiger partial charge in [0, 0.05) is 19.2 Å². The Morgan fingerprint density at radius 2 is 1.86 bits per heavy atom. The Labute approximate surface area is 125 Å². The van der Waals surface area contributed by atoms with Crippen LogP contribution in [-0.4, -0.2) is 22.6 Å². The highest BCUT2D eigenvalue weighted by Gasteiger charge is 2.18. The van der Waals surface area contributed by atoms with E-state index in [1.807, 2.05) is 13.8 Å². The molecule has 0 spiro atoms. The Hall–Kier alpha value is -2.11. The molecule has 6 nitrogen and oxygen atoms in total. The van der Waals surface area contributed by atoms with Crippen molar-refractivity contribution in [3.63, 3.8) is 0 Å². The van der Waals surface area contributed by atoms with Crippen molar-refractivity contribution in [2.45, 2.75) is 53.1 Å². The summed E-state index contributed by atoms with van der Waals surface area (Å²) in [6, 6.07) is 1.63. The summed E-state index contributed by atoms with van der Waals surface area (Å²) in [4.78, 5) is 27.1. The summed E-state index contributed by atoms with van der Waals surface area (Å²) in [6.45, 7) is 10.8. The van der Waals surface area contributed by atoms with Gasteiger partial charge in [-0.2, -0.15) is 0 Å². The molecule has 1 rings (SSSR count). The van der Waals surface area contributed by atoms with Crippen LogP contribution >= 0.6 is 0 Å². The molecule has 6 heteroatoms. The van der Waals surface area contributed by atoms with E-state index < -0.39 is 11.7 Å². The first kappa shape index (κ1) is 16.9. The molecular weight excluding hydrogens is 270 g/mol. The van der Waals surface area contributed by atoms with Gasteiger partial charge < -0.3 is 10.1 Å². The first-order valence-electron chi connectivity index (χ1n) is 6.86. The normalized spacial score (nSPS) is 11.2. The van der Waals surface area contributed by atoms with E-state index in [0.29, 0.717) is 11.5 Å². The van der Waals surface area contributed by atoms with Gasteiger partial charge >= 0.3 is 6.09 Å². The number of rotatable bonds is 3. The highest BCUT2D eigenvalue weighted by Crippen LogP contribution is 2.26. The minimum absolute atomic E-state index is 0.175. The second-order valence-electron chi connectivity index (χ2n) is 6.12. The van der Waals surface area contributed by atoms with E-state index in [-0.39, 0.29) is 11.8 Å². The first-order valence-corrected chi connectivity index (χ1v) is 6.86. The zero-order chi connectivity index (χ0) is 16.2. The number of anilines is 2. The molecule has 1 aromatic heterocycles. The van der Waals surface area contributed by atoms with Crippen LogP contribution in [0.4, 0.5) is 16.3 Å². The Bertz CT molecular complexity index is 533. The van der Waals surface area contributed by atoms with Crippen molar-refractivity contribution in [1.82, 2.24) is 4.98 Å². The molecule has 0 fully saturated rings. The number of aromatic nitrogens is 1. The largest absolute Gasteiger partial charge is 0.444 e. The van der Waals surface area contributed by atoms with Crippen molar-refractivity contribution in [1.29, 1.82) is 0 Å². The Kier molecular flexibility index (Phi) is 5.29. The lowest BCUT2D eigenvalue weighted by Gasteiger charge is -2.21. The molecule has 0 bridgehead atoms. The van der Waals surface area contributed by atoms with Crippen LogP contribution in [0, 0.1) is 0 Å². The van der Waals surface area contributed by atoms with E-state index in [1.54, 1.807) is 33.0 Å². The van der Waals surface area contributed by atoms with Gasteiger partial charge in [0.15, 0.2) is 0 Å². The number of nitrogens with zero attached hydrogens (tertiary/aromatic N) is 1. The fourth-order valence-electron chi connectivity index (χ4n) is 1.70. The van der Waals surface area contributed by atoms with Gasteiger partial charge in [0.2, 0.25) is 5.91 Å². The summed E-state index contributed by atoms with van der Waals surface area (Å²) in [5, 5.41) is 5.30. The van der Waals surface area contributed by atoms with Crippen molar-refractivity contribution in [3.05, 3.63) is 17.8 Å². The third kappa shape index (κ3) is 5.81. The summed E-state index contributed by atoms with van der Waals surface area (Å²) in [7, 11) is 0. The number of amides is 2. The molecule has 0 aliphatic rings. The van der Waals surface area contributed by atoms with Gasteiger partial charge in [0.25, 0.3) is 0 Å². The van der Waals surface area contributed by atoms with Gasteiger partial charge in [0.05, 0.1) is 5.69 Å². The highest BCUT2D eigenvalue weighted by atomic mass is 16.6. The molecule has 0 unspecified atom stereocenters. The highest BCUT2D eigenvalue weighted by molar-refractivity contribution is 5.90. The minimum atomic E-state index is -0.574. The first-order chi connectivity index (χ1) is 9.58. The fourth-order valence-corrected chi connectivity index (χ4v) is 1.70. The summed E-state index contributed by atoms with van der Waals surface area (Å²) in [5.41, 5.74) is 0.878. The van der Waals surface area contributed by atoms with E-state index in [4.69, 9.17) is 4.74 Å². The zero-order valence-corrected chi connectivity index (χ0v) is 13.4. The number of pyridine rings is 1. The smallest absolute Gasteiger partial charge is 0.412 e. The summed E-state index contributed by atoms with van der Waals surface area (Å²) >= 11 is 0. The number of carbonyl (C=O) groups is 2. The topological polar surface area (TPSA) is 80.3 Å². The Morgan fingerprint density at radius 3 is 2.33 bits per heavy atom. The van der Waals surface area contributed by atoms with Crippen LogP contribution in [0.25, 0.3) is 0 Å². The van der Waals surface area contributed by atoms with Crippen molar-refractivity contribution in [2.24, 2.45) is 0 Å². The second-order valence-corrected chi connectivity index (χ2v) is 6.12. The van der Waals surface area contributed by atoms with E-state index in [0.717, 1.165) is 5.56 Å². The van der Waals surface area contributed by atoms with Crippen LogP contribution in [-0.2, 0) is 9.53 Å². The maximum atomic E-state index is 11.9. The quantitative estimate of drug-likeness (QED) is 0.893. The van der Waals surface area contributed by atoms with Crippen LogP contribution in [0.3, 0.4) is 0 Å². The number of hydrogen-bond donors (Lipinski definition) is 2. The van der Waals surface area contributed by atoms with Crippen molar-refractivity contribution in [3.8, 4) is 0 Å². The third-order valence-electron chi connectivity index (χ3n) is 2.50. The van der Waals surface area contributed by atoms with Gasteiger partial charge in [-0.05, 0) is 32.3 Å². The predicted molar refractivity (Wildman–Crippen MR) is 82.5 cm³/mol. The molecule has 0 saturated carbocycles. The number of nitrogens with one attached hydrogen (secondary N) is 2. The molecule has 116 valence electrons. The van der Waals surface area contributed by atoms with E-state index >= 15 is 0 Å². The van der Waals surface area contributed by atoms with Gasteiger partial charge in [-0.25, -0.2) is 9.78 Å². The molecular formula is C15H23N3O3.